The number of nitrogens with one attached hydrogen (secondary N) is 2. The van der Waals surface area contributed by atoms with Crippen molar-refractivity contribution in [3.63, 3.8) is 0 Å². The molecule has 0 atom stereocenters. The number of nitrogens with zero attached hydrogens (tertiary/aromatic N) is 4. The molecule has 0 aliphatic rings. The van der Waals surface area contributed by atoms with Crippen LogP contribution in [-0.4, -0.2) is 30.9 Å². The van der Waals surface area contributed by atoms with E-state index in [0.29, 0.717) is 22.7 Å². The monoisotopic (exact) mass is 492 g/mol. The van der Waals surface area contributed by atoms with Gasteiger partial charge in [0.2, 0.25) is 5.95 Å². The van der Waals surface area contributed by atoms with Gasteiger partial charge in [-0.15, -0.1) is 0 Å². The van der Waals surface area contributed by atoms with Gasteiger partial charge in [-0.1, -0.05) is 6.07 Å². The SMILES string of the molecule is C/C([O-])=N/S(=O)(=O)c1cc(Nc2ncc(F)c(Nc3ccc(OCC#N)cc3)n2)ccc1C.[Na+]. The molecule has 0 bridgehead atoms. The van der Waals surface area contributed by atoms with Crippen LogP contribution in [0.2, 0.25) is 0 Å². The Morgan fingerprint density at radius 1 is 1.21 bits per heavy atom. The van der Waals surface area contributed by atoms with Crippen LogP contribution in [0, 0.1) is 24.1 Å². The van der Waals surface area contributed by atoms with Gasteiger partial charge in [0.15, 0.2) is 18.2 Å². The van der Waals surface area contributed by atoms with Gasteiger partial charge >= 0.3 is 29.6 Å². The second-order valence-electron chi connectivity index (χ2n) is 6.68. The minimum Gasteiger partial charge on any atom is -0.861 e. The Morgan fingerprint density at radius 2 is 1.88 bits per heavy atom. The van der Waals surface area contributed by atoms with Gasteiger partial charge in [0, 0.05) is 11.4 Å². The Balaban J connectivity index is 0.00000408. The number of aryl methyl sites for hydroxylation is 1. The van der Waals surface area contributed by atoms with Gasteiger partial charge in [-0.2, -0.15) is 23.1 Å². The Kier molecular flexibility index (Phi) is 9.34. The molecule has 10 nitrogen and oxygen atoms in total. The molecule has 1 heterocycles. The average Bonchev–Trinajstić information content (AvgIpc) is 2.76. The molecular formula is C21H18FN6NaO4S. The largest absolute Gasteiger partial charge is 1.00 e. The molecule has 0 saturated heterocycles. The van der Waals surface area contributed by atoms with Crippen molar-refractivity contribution in [3.05, 3.63) is 60.0 Å². The maximum atomic E-state index is 14.2. The average molecular weight is 492 g/mol. The molecule has 0 saturated carbocycles. The number of halogens is 1. The normalized spacial score (nSPS) is 11.2. The first-order chi connectivity index (χ1) is 15.7. The Morgan fingerprint density at radius 3 is 2.53 bits per heavy atom. The molecule has 3 aromatic rings. The third-order valence-electron chi connectivity index (χ3n) is 4.14. The molecule has 0 spiro atoms. The van der Waals surface area contributed by atoms with Gasteiger partial charge in [0.1, 0.15) is 11.8 Å². The maximum Gasteiger partial charge on any atom is 1.00 e. The number of hydrogen-bond acceptors (Lipinski definition) is 9. The fourth-order valence-corrected chi connectivity index (χ4v) is 3.89. The molecule has 0 aliphatic carbocycles. The van der Waals surface area contributed by atoms with Crippen molar-refractivity contribution in [2.75, 3.05) is 17.2 Å². The smallest absolute Gasteiger partial charge is 0.861 e. The van der Waals surface area contributed by atoms with Crippen LogP contribution in [-0.2, 0) is 10.0 Å². The van der Waals surface area contributed by atoms with Crippen LogP contribution in [0.3, 0.4) is 0 Å². The molecule has 34 heavy (non-hydrogen) atoms. The summed E-state index contributed by atoms with van der Waals surface area (Å²) in [5.74, 6) is -1.18. The van der Waals surface area contributed by atoms with E-state index in [0.717, 1.165) is 13.1 Å². The number of sulfonamides is 1. The van der Waals surface area contributed by atoms with E-state index < -0.39 is 21.7 Å². The summed E-state index contributed by atoms with van der Waals surface area (Å²) in [7, 11) is -4.18. The van der Waals surface area contributed by atoms with Crippen molar-refractivity contribution in [2.24, 2.45) is 4.40 Å². The van der Waals surface area contributed by atoms with Gasteiger partial charge in [-0.3, -0.25) is 0 Å². The molecule has 0 aliphatic heterocycles. The van der Waals surface area contributed by atoms with Crippen LogP contribution >= 0.6 is 0 Å². The molecule has 0 unspecified atom stereocenters. The standard InChI is InChI=1S/C21H19FN6O4S.Na/c1-13-3-4-16(11-19(13)33(30,31)28-14(2)29)26-21-24-12-18(22)20(27-21)25-15-5-7-17(8-6-15)32-10-9-23;/h3-8,11-12H,10H2,1-2H3,(H,28,29)(H2,24,25,26,27);/q;+1/p-1. The molecule has 170 valence electrons. The van der Waals surface area contributed by atoms with Crippen LogP contribution in [0.1, 0.15) is 12.5 Å². The predicted octanol–water partition coefficient (Wildman–Crippen LogP) is -0.215. The molecule has 2 aromatic carbocycles. The number of aromatic nitrogens is 2. The first kappa shape index (κ1) is 27.0. The zero-order chi connectivity index (χ0) is 24.0. The minimum absolute atomic E-state index is 0. The van der Waals surface area contributed by atoms with E-state index in [2.05, 4.69) is 25.0 Å². The zero-order valence-corrected chi connectivity index (χ0v) is 21.4. The minimum atomic E-state index is -4.18. The van der Waals surface area contributed by atoms with Crippen molar-refractivity contribution in [1.82, 2.24) is 9.97 Å². The first-order valence-electron chi connectivity index (χ1n) is 9.43. The molecule has 0 radical (unpaired) electrons. The number of ether oxygens (including phenoxy) is 1. The Hall–Kier alpha value is -3.24. The summed E-state index contributed by atoms with van der Waals surface area (Å²) in [6.45, 7) is 2.52. The van der Waals surface area contributed by atoms with Crippen LogP contribution in [0.25, 0.3) is 0 Å². The van der Waals surface area contributed by atoms with Crippen molar-refractivity contribution in [3.8, 4) is 11.8 Å². The fraction of sp³-hybridized carbons (Fsp3) is 0.143. The quantitative estimate of drug-likeness (QED) is 0.247. The third kappa shape index (κ3) is 7.13. The number of rotatable bonds is 8. The second-order valence-corrected chi connectivity index (χ2v) is 8.25. The molecule has 0 fully saturated rings. The summed E-state index contributed by atoms with van der Waals surface area (Å²) in [6, 6.07) is 12.7. The van der Waals surface area contributed by atoms with E-state index in [-0.39, 0.29) is 52.8 Å². The van der Waals surface area contributed by atoms with E-state index in [9.17, 15) is 17.9 Å². The maximum absolute atomic E-state index is 14.2. The molecule has 1 aromatic heterocycles. The van der Waals surface area contributed by atoms with Crippen LogP contribution in [0.5, 0.6) is 5.75 Å². The molecular weight excluding hydrogens is 474 g/mol. The van der Waals surface area contributed by atoms with Gasteiger partial charge in [-0.25, -0.2) is 9.37 Å². The van der Waals surface area contributed by atoms with Crippen molar-refractivity contribution < 1.29 is 52.2 Å². The third-order valence-corrected chi connectivity index (χ3v) is 5.63. The van der Waals surface area contributed by atoms with Crippen molar-refractivity contribution >= 4 is 39.1 Å². The summed E-state index contributed by atoms with van der Waals surface area (Å²) in [5.41, 5.74) is 1.21. The molecule has 13 heteroatoms. The summed E-state index contributed by atoms with van der Waals surface area (Å²) >= 11 is 0. The van der Waals surface area contributed by atoms with Gasteiger partial charge < -0.3 is 20.5 Å². The van der Waals surface area contributed by atoms with Crippen LogP contribution < -0.4 is 50.0 Å². The second kappa shape index (κ2) is 11.8. The Labute approximate surface area is 217 Å². The number of anilines is 4. The van der Waals surface area contributed by atoms with E-state index in [1.54, 1.807) is 37.3 Å². The summed E-state index contributed by atoms with van der Waals surface area (Å²) < 4.78 is 47.2. The number of hydrogen-bond donors (Lipinski definition) is 2. The Bertz CT molecular complexity index is 1340. The predicted molar refractivity (Wildman–Crippen MR) is 118 cm³/mol. The molecule has 2 N–H and O–H groups in total. The van der Waals surface area contributed by atoms with E-state index in [1.807, 2.05) is 6.07 Å². The zero-order valence-electron chi connectivity index (χ0n) is 18.5. The van der Waals surface area contributed by atoms with E-state index in [4.69, 9.17) is 10.00 Å². The summed E-state index contributed by atoms with van der Waals surface area (Å²) in [4.78, 5) is 7.81. The number of benzene rings is 2. The van der Waals surface area contributed by atoms with Crippen LogP contribution in [0.4, 0.5) is 27.5 Å². The van der Waals surface area contributed by atoms with E-state index in [1.165, 1.54) is 12.1 Å². The molecule has 3 rings (SSSR count). The number of nitriles is 1. The summed E-state index contributed by atoms with van der Waals surface area (Å²) in [6.07, 6.45) is 0.957. The van der Waals surface area contributed by atoms with Crippen LogP contribution in [0.15, 0.2) is 58.0 Å². The topological polar surface area (TPSA) is 152 Å². The summed E-state index contributed by atoms with van der Waals surface area (Å²) in [5, 5.41) is 25.3. The first-order valence-corrected chi connectivity index (χ1v) is 10.9. The molecule has 0 amide bonds. The van der Waals surface area contributed by atoms with Gasteiger partial charge in [0.25, 0.3) is 10.0 Å². The van der Waals surface area contributed by atoms with Gasteiger partial charge in [-0.05, 0) is 61.7 Å². The van der Waals surface area contributed by atoms with E-state index >= 15 is 0 Å². The van der Waals surface area contributed by atoms with Gasteiger partial charge in [0.05, 0.1) is 11.1 Å². The van der Waals surface area contributed by atoms with Crippen molar-refractivity contribution in [1.29, 1.82) is 5.26 Å². The van der Waals surface area contributed by atoms with Crippen molar-refractivity contribution in [2.45, 2.75) is 18.7 Å². The fourth-order valence-electron chi connectivity index (χ4n) is 2.71.